The first-order chi connectivity index (χ1) is 11.2. The van der Waals surface area contributed by atoms with Gasteiger partial charge < -0.3 is 14.5 Å². The summed E-state index contributed by atoms with van der Waals surface area (Å²) in [5.41, 5.74) is 8.06. The molecule has 0 bridgehead atoms. The molecule has 3 heterocycles. The molecule has 2 aliphatic heterocycles. The van der Waals surface area contributed by atoms with Crippen molar-refractivity contribution in [1.82, 2.24) is 19.4 Å². The van der Waals surface area contributed by atoms with Crippen LogP contribution in [0, 0.1) is 0 Å². The average Bonchev–Trinajstić information content (AvgIpc) is 3.02. The first-order valence-electron chi connectivity index (χ1n) is 7.64. The van der Waals surface area contributed by atoms with Crippen LogP contribution >= 0.6 is 0 Å². The molecule has 1 saturated heterocycles. The monoisotopic (exact) mass is 313 g/mol. The van der Waals surface area contributed by atoms with Gasteiger partial charge in [-0.05, 0) is 12.1 Å². The van der Waals surface area contributed by atoms with Gasteiger partial charge in [0.25, 0.3) is 0 Å². The van der Waals surface area contributed by atoms with Gasteiger partial charge >= 0.3 is 0 Å². The number of morpholine rings is 1. The summed E-state index contributed by atoms with van der Waals surface area (Å²) in [4.78, 5) is 17.7. The summed E-state index contributed by atoms with van der Waals surface area (Å²) in [6.45, 7) is 2.99. The fraction of sp³-hybridized carbons (Fsp3) is 0.400. The number of aromatic nitrogens is 2. The second kappa shape index (κ2) is 5.64. The van der Waals surface area contributed by atoms with E-state index < -0.39 is 6.29 Å². The lowest BCUT2D eigenvalue weighted by Gasteiger charge is -2.37. The predicted molar refractivity (Wildman–Crippen MR) is 88.1 cm³/mol. The number of ether oxygens (including phenoxy) is 1. The van der Waals surface area contributed by atoms with Gasteiger partial charge in [0.1, 0.15) is 6.33 Å². The zero-order chi connectivity index (χ0) is 15.8. The van der Waals surface area contributed by atoms with Crippen molar-refractivity contribution in [2.24, 2.45) is 15.7 Å². The summed E-state index contributed by atoms with van der Waals surface area (Å²) < 4.78 is 7.30. The third-order valence-corrected chi connectivity index (χ3v) is 4.12. The highest BCUT2D eigenvalue weighted by Crippen LogP contribution is 2.16. The number of hydrogen-bond donors (Lipinski definition) is 1. The Morgan fingerprint density at radius 3 is 2.83 bits per heavy atom. The third kappa shape index (κ3) is 2.45. The number of guanidine groups is 1. The summed E-state index contributed by atoms with van der Waals surface area (Å²) in [6, 6.07) is 7.90. The number of fused-ring (bicyclic) bond motifs is 1. The standard InChI is InChI=1S/C15H19N7O/c1-20-13(16)18-14(19-15(20)21-6-8-23-9-7-21)22-10-17-11-4-2-3-5-12(11)22/h2-5,10,13H,6-9,16H2,1H3. The maximum Gasteiger partial charge on any atom is 0.237 e. The van der Waals surface area contributed by atoms with E-state index in [-0.39, 0.29) is 0 Å². The van der Waals surface area contributed by atoms with Crippen LogP contribution in [-0.4, -0.2) is 70.9 Å². The molecule has 120 valence electrons. The number of imidazole rings is 1. The van der Waals surface area contributed by atoms with Crippen molar-refractivity contribution in [3.63, 3.8) is 0 Å². The molecule has 1 aromatic heterocycles. The molecule has 0 spiro atoms. The number of rotatable bonds is 0. The smallest absolute Gasteiger partial charge is 0.237 e. The first kappa shape index (κ1) is 14.2. The van der Waals surface area contributed by atoms with E-state index >= 15 is 0 Å². The van der Waals surface area contributed by atoms with Crippen LogP contribution in [-0.2, 0) is 4.74 Å². The van der Waals surface area contributed by atoms with Gasteiger partial charge in [0.05, 0.1) is 24.2 Å². The molecular weight excluding hydrogens is 294 g/mol. The molecule has 8 heteroatoms. The predicted octanol–water partition coefficient (Wildman–Crippen LogP) is 0.116. The molecule has 1 atom stereocenters. The summed E-state index contributed by atoms with van der Waals surface area (Å²) in [5, 5.41) is 0. The highest BCUT2D eigenvalue weighted by atomic mass is 16.5. The molecule has 1 fully saturated rings. The van der Waals surface area contributed by atoms with Crippen LogP contribution < -0.4 is 5.73 Å². The van der Waals surface area contributed by atoms with E-state index in [4.69, 9.17) is 15.5 Å². The number of nitrogens with zero attached hydrogens (tertiary/aromatic N) is 6. The van der Waals surface area contributed by atoms with Gasteiger partial charge in [-0.25, -0.2) is 9.98 Å². The number of nitrogens with two attached hydrogens (primary N) is 1. The maximum absolute atomic E-state index is 6.18. The molecule has 2 N–H and O–H groups in total. The molecular formula is C15H19N7O. The first-order valence-corrected chi connectivity index (χ1v) is 7.64. The van der Waals surface area contributed by atoms with Crippen LogP contribution in [0.1, 0.15) is 0 Å². The van der Waals surface area contributed by atoms with E-state index in [0.717, 1.165) is 30.1 Å². The second-order valence-electron chi connectivity index (χ2n) is 5.57. The Kier molecular flexibility index (Phi) is 3.47. The van der Waals surface area contributed by atoms with Crippen molar-refractivity contribution >= 4 is 23.0 Å². The summed E-state index contributed by atoms with van der Waals surface area (Å²) in [5.74, 6) is 1.38. The zero-order valence-electron chi connectivity index (χ0n) is 13.0. The number of para-hydroxylation sites is 2. The van der Waals surface area contributed by atoms with Crippen LogP contribution in [0.4, 0.5) is 0 Å². The summed E-state index contributed by atoms with van der Waals surface area (Å²) in [6.07, 6.45) is 1.27. The van der Waals surface area contributed by atoms with E-state index in [1.165, 1.54) is 0 Å². The summed E-state index contributed by atoms with van der Waals surface area (Å²) >= 11 is 0. The van der Waals surface area contributed by atoms with Crippen molar-refractivity contribution in [3.05, 3.63) is 30.6 Å². The lowest BCUT2D eigenvalue weighted by Crippen LogP contribution is -2.55. The lowest BCUT2D eigenvalue weighted by atomic mass is 10.3. The Bertz CT molecular complexity index is 775. The minimum atomic E-state index is -0.471. The third-order valence-electron chi connectivity index (χ3n) is 4.12. The van der Waals surface area contributed by atoms with Crippen LogP contribution in [0.2, 0.25) is 0 Å². The molecule has 1 aromatic carbocycles. The van der Waals surface area contributed by atoms with Crippen LogP contribution in [0.15, 0.2) is 40.6 Å². The van der Waals surface area contributed by atoms with E-state index in [9.17, 15) is 0 Å². The fourth-order valence-electron chi connectivity index (χ4n) is 2.81. The molecule has 0 radical (unpaired) electrons. The van der Waals surface area contributed by atoms with E-state index in [1.807, 2.05) is 40.8 Å². The highest BCUT2D eigenvalue weighted by Gasteiger charge is 2.27. The van der Waals surface area contributed by atoms with Gasteiger partial charge in [0.2, 0.25) is 11.9 Å². The van der Waals surface area contributed by atoms with E-state index in [0.29, 0.717) is 19.2 Å². The van der Waals surface area contributed by atoms with Crippen LogP contribution in [0.3, 0.4) is 0 Å². The van der Waals surface area contributed by atoms with Gasteiger partial charge in [-0.3, -0.25) is 10.3 Å². The molecule has 0 saturated carbocycles. The van der Waals surface area contributed by atoms with Crippen molar-refractivity contribution in [2.45, 2.75) is 6.29 Å². The topological polar surface area (TPSA) is 84.3 Å². The number of benzene rings is 1. The zero-order valence-corrected chi connectivity index (χ0v) is 13.0. The molecule has 8 nitrogen and oxygen atoms in total. The number of hydrogen-bond acceptors (Lipinski definition) is 7. The van der Waals surface area contributed by atoms with Crippen molar-refractivity contribution in [2.75, 3.05) is 33.4 Å². The van der Waals surface area contributed by atoms with Crippen LogP contribution in [0.25, 0.3) is 11.0 Å². The lowest BCUT2D eigenvalue weighted by molar-refractivity contribution is 0.0615. The van der Waals surface area contributed by atoms with Crippen molar-refractivity contribution in [3.8, 4) is 0 Å². The van der Waals surface area contributed by atoms with Crippen molar-refractivity contribution < 1.29 is 4.74 Å². The molecule has 23 heavy (non-hydrogen) atoms. The Balaban J connectivity index is 1.75. The van der Waals surface area contributed by atoms with Crippen LogP contribution in [0.5, 0.6) is 0 Å². The Morgan fingerprint density at radius 1 is 1.22 bits per heavy atom. The van der Waals surface area contributed by atoms with Gasteiger partial charge in [0.15, 0.2) is 6.29 Å². The largest absolute Gasteiger partial charge is 0.378 e. The van der Waals surface area contributed by atoms with E-state index in [1.54, 1.807) is 6.33 Å². The SMILES string of the molecule is CN1C(N2CCOCC2)=NC(n2cnc3ccccc32)=NC1N. The molecule has 1 unspecified atom stereocenters. The van der Waals surface area contributed by atoms with Gasteiger partial charge in [0, 0.05) is 20.1 Å². The molecule has 4 rings (SSSR count). The Labute approximate surface area is 133 Å². The van der Waals surface area contributed by atoms with Gasteiger partial charge in [-0.15, -0.1) is 0 Å². The number of aliphatic imine (C=N–C) groups is 2. The minimum Gasteiger partial charge on any atom is -0.378 e. The molecule has 0 amide bonds. The molecule has 0 aliphatic carbocycles. The molecule has 2 aliphatic rings. The maximum atomic E-state index is 6.18. The quantitative estimate of drug-likeness (QED) is 0.746. The van der Waals surface area contributed by atoms with E-state index in [2.05, 4.69) is 14.9 Å². The normalized spacial score (nSPS) is 22.3. The minimum absolute atomic E-state index is 0.471. The fourth-order valence-corrected chi connectivity index (χ4v) is 2.81. The Hall–Kier alpha value is -2.45. The van der Waals surface area contributed by atoms with Gasteiger partial charge in [-0.1, -0.05) is 12.1 Å². The Morgan fingerprint density at radius 2 is 2.00 bits per heavy atom. The second-order valence-corrected chi connectivity index (χ2v) is 5.57. The summed E-state index contributed by atoms with van der Waals surface area (Å²) in [7, 11) is 1.91. The van der Waals surface area contributed by atoms with Crippen molar-refractivity contribution in [1.29, 1.82) is 0 Å². The van der Waals surface area contributed by atoms with Gasteiger partial charge in [-0.2, -0.15) is 4.99 Å². The highest BCUT2D eigenvalue weighted by molar-refractivity contribution is 6.01. The average molecular weight is 313 g/mol. The molecule has 2 aromatic rings.